The summed E-state index contributed by atoms with van der Waals surface area (Å²) in [7, 11) is -2.02. The lowest BCUT2D eigenvalue weighted by atomic mass is 10.2. The molecule has 0 aromatic heterocycles. The molecule has 0 atom stereocenters. The third-order valence-electron chi connectivity index (χ3n) is 3.09. The minimum absolute atomic E-state index is 0.139. The molecule has 1 rings (SSSR count). The number of nitrogens with zero attached hydrogens (tertiary/aromatic N) is 1. The summed E-state index contributed by atoms with van der Waals surface area (Å²) in [5.41, 5.74) is 0.377. The molecule has 0 saturated heterocycles. The first-order chi connectivity index (χ1) is 9.78. The Morgan fingerprint density at radius 2 is 2.00 bits per heavy atom. The van der Waals surface area contributed by atoms with Gasteiger partial charge in [0.15, 0.2) is 0 Å². The lowest BCUT2D eigenvalue weighted by molar-refractivity contribution is 0.417. The van der Waals surface area contributed by atoms with Gasteiger partial charge in [-0.05, 0) is 37.1 Å². The topological polar surface area (TPSA) is 49.4 Å². The van der Waals surface area contributed by atoms with Gasteiger partial charge in [-0.3, -0.25) is 0 Å². The van der Waals surface area contributed by atoms with Crippen molar-refractivity contribution in [1.29, 1.82) is 0 Å². The van der Waals surface area contributed by atoms with Crippen LogP contribution < -0.4 is 5.32 Å². The van der Waals surface area contributed by atoms with Gasteiger partial charge in [-0.25, -0.2) is 17.1 Å². The average molecular weight is 316 g/mol. The zero-order chi connectivity index (χ0) is 16.0. The van der Waals surface area contributed by atoms with Crippen LogP contribution in [0.3, 0.4) is 0 Å². The zero-order valence-corrected chi connectivity index (χ0v) is 14.0. The Balaban J connectivity index is 2.99. The smallest absolute Gasteiger partial charge is 0.242 e. The highest BCUT2D eigenvalue weighted by atomic mass is 32.2. The van der Waals surface area contributed by atoms with Crippen molar-refractivity contribution in [3.05, 3.63) is 29.6 Å². The minimum Gasteiger partial charge on any atom is -0.313 e. The van der Waals surface area contributed by atoms with Crippen molar-refractivity contribution in [2.45, 2.75) is 38.6 Å². The fraction of sp³-hybridized carbons (Fsp3) is 0.600. The molecule has 21 heavy (non-hydrogen) atoms. The predicted octanol–water partition coefficient (Wildman–Crippen LogP) is 2.60. The summed E-state index contributed by atoms with van der Waals surface area (Å²) in [5.74, 6) is -0.153. The van der Waals surface area contributed by atoms with Crippen molar-refractivity contribution in [2.24, 2.45) is 5.92 Å². The molecule has 120 valence electrons. The van der Waals surface area contributed by atoms with Gasteiger partial charge in [0, 0.05) is 25.7 Å². The number of nitrogens with one attached hydrogen (secondary N) is 1. The highest BCUT2D eigenvalue weighted by Crippen LogP contribution is 2.19. The summed E-state index contributed by atoms with van der Waals surface area (Å²) in [6.45, 7) is 7.46. The van der Waals surface area contributed by atoms with Crippen LogP contribution in [0.4, 0.5) is 4.39 Å². The van der Waals surface area contributed by atoms with Crippen LogP contribution in [0.2, 0.25) is 0 Å². The Bertz CT molecular complexity index is 559. The van der Waals surface area contributed by atoms with Gasteiger partial charge in [0.05, 0.1) is 4.90 Å². The Morgan fingerprint density at radius 3 is 2.57 bits per heavy atom. The molecule has 0 aliphatic carbocycles. The molecule has 0 aliphatic rings. The van der Waals surface area contributed by atoms with Gasteiger partial charge >= 0.3 is 0 Å². The zero-order valence-electron chi connectivity index (χ0n) is 13.2. The second kappa shape index (κ2) is 7.87. The number of hydrogen-bond acceptors (Lipinski definition) is 3. The monoisotopic (exact) mass is 316 g/mol. The molecule has 0 amide bonds. The van der Waals surface area contributed by atoms with E-state index in [2.05, 4.69) is 5.32 Å². The number of rotatable bonds is 8. The van der Waals surface area contributed by atoms with Crippen LogP contribution in [-0.2, 0) is 16.6 Å². The lowest BCUT2D eigenvalue weighted by Crippen LogP contribution is -2.30. The fourth-order valence-electron chi connectivity index (χ4n) is 2.04. The third kappa shape index (κ3) is 5.05. The fourth-order valence-corrected chi connectivity index (χ4v) is 3.42. The summed E-state index contributed by atoms with van der Waals surface area (Å²) in [4.78, 5) is 0.139. The summed E-state index contributed by atoms with van der Waals surface area (Å²) >= 11 is 0. The summed E-state index contributed by atoms with van der Waals surface area (Å²) in [5, 5.41) is 3.08. The first kappa shape index (κ1) is 18.1. The first-order valence-corrected chi connectivity index (χ1v) is 8.68. The van der Waals surface area contributed by atoms with Crippen molar-refractivity contribution in [3.63, 3.8) is 0 Å². The molecule has 0 spiro atoms. The number of halogens is 1. The van der Waals surface area contributed by atoms with Crippen molar-refractivity contribution in [1.82, 2.24) is 9.62 Å². The maximum atomic E-state index is 13.7. The van der Waals surface area contributed by atoms with Crippen molar-refractivity contribution in [2.75, 3.05) is 20.1 Å². The van der Waals surface area contributed by atoms with E-state index >= 15 is 0 Å². The van der Waals surface area contributed by atoms with E-state index in [1.165, 1.54) is 22.5 Å². The van der Waals surface area contributed by atoms with E-state index in [0.29, 0.717) is 18.7 Å². The number of sulfonamides is 1. The molecule has 0 bridgehead atoms. The molecular weight excluding hydrogens is 291 g/mol. The van der Waals surface area contributed by atoms with Crippen LogP contribution in [-0.4, -0.2) is 32.9 Å². The van der Waals surface area contributed by atoms with Crippen molar-refractivity contribution >= 4 is 10.0 Å². The number of hydrogen-bond donors (Lipinski definition) is 1. The third-order valence-corrected chi connectivity index (χ3v) is 4.91. The molecule has 1 N–H and O–H groups in total. The van der Waals surface area contributed by atoms with E-state index in [1.54, 1.807) is 7.05 Å². The first-order valence-electron chi connectivity index (χ1n) is 7.24. The van der Waals surface area contributed by atoms with Crippen LogP contribution in [0.5, 0.6) is 0 Å². The standard InChI is InChI=1S/C15H25FN2O2S/c1-5-8-17-10-13-9-14(6-7-15(13)16)21(19,20)18(4)11-12(2)3/h6-7,9,12,17H,5,8,10-11H2,1-4H3. The Kier molecular flexibility index (Phi) is 6.77. The van der Waals surface area contributed by atoms with Gasteiger partial charge in [0.25, 0.3) is 0 Å². The maximum Gasteiger partial charge on any atom is 0.242 e. The second-order valence-corrected chi connectivity index (χ2v) is 7.65. The molecule has 4 nitrogen and oxygen atoms in total. The molecule has 0 heterocycles. The van der Waals surface area contributed by atoms with E-state index in [0.717, 1.165) is 13.0 Å². The van der Waals surface area contributed by atoms with E-state index < -0.39 is 10.0 Å². The summed E-state index contributed by atoms with van der Waals surface area (Å²) in [6, 6.07) is 3.97. The van der Waals surface area contributed by atoms with Crippen LogP contribution >= 0.6 is 0 Å². The highest BCUT2D eigenvalue weighted by Gasteiger charge is 2.22. The van der Waals surface area contributed by atoms with E-state index in [1.807, 2.05) is 20.8 Å². The van der Waals surface area contributed by atoms with Gasteiger partial charge in [-0.15, -0.1) is 0 Å². The van der Waals surface area contributed by atoms with Gasteiger partial charge in [0.1, 0.15) is 5.82 Å². The Morgan fingerprint density at radius 1 is 1.33 bits per heavy atom. The molecule has 0 radical (unpaired) electrons. The Hall–Kier alpha value is -0.980. The van der Waals surface area contributed by atoms with Crippen LogP contribution in [0.25, 0.3) is 0 Å². The van der Waals surface area contributed by atoms with Gasteiger partial charge in [-0.1, -0.05) is 20.8 Å². The molecule has 1 aromatic rings. The molecule has 0 aliphatic heterocycles. The van der Waals surface area contributed by atoms with Gasteiger partial charge in [0.2, 0.25) is 10.0 Å². The second-order valence-electron chi connectivity index (χ2n) is 5.61. The molecule has 1 aromatic carbocycles. The van der Waals surface area contributed by atoms with E-state index in [-0.39, 0.29) is 16.6 Å². The number of benzene rings is 1. The SMILES string of the molecule is CCCNCc1cc(S(=O)(=O)N(C)CC(C)C)ccc1F. The largest absolute Gasteiger partial charge is 0.313 e. The predicted molar refractivity (Wildman–Crippen MR) is 83.1 cm³/mol. The lowest BCUT2D eigenvalue weighted by Gasteiger charge is -2.19. The Labute approximate surface area is 127 Å². The molecule has 0 saturated carbocycles. The van der Waals surface area contributed by atoms with Gasteiger partial charge < -0.3 is 5.32 Å². The highest BCUT2D eigenvalue weighted by molar-refractivity contribution is 7.89. The van der Waals surface area contributed by atoms with Crippen LogP contribution in [0, 0.1) is 11.7 Å². The van der Waals surface area contributed by atoms with Crippen molar-refractivity contribution < 1.29 is 12.8 Å². The van der Waals surface area contributed by atoms with Gasteiger partial charge in [-0.2, -0.15) is 0 Å². The summed E-state index contributed by atoms with van der Waals surface area (Å²) in [6.07, 6.45) is 0.941. The van der Waals surface area contributed by atoms with E-state index in [9.17, 15) is 12.8 Å². The van der Waals surface area contributed by atoms with Crippen LogP contribution in [0.1, 0.15) is 32.8 Å². The van der Waals surface area contributed by atoms with Crippen LogP contribution in [0.15, 0.2) is 23.1 Å². The average Bonchev–Trinajstić information content (AvgIpc) is 2.40. The molecule has 6 heteroatoms. The maximum absolute atomic E-state index is 13.7. The molecular formula is C15H25FN2O2S. The normalized spacial score (nSPS) is 12.3. The molecule has 0 fully saturated rings. The van der Waals surface area contributed by atoms with Crippen molar-refractivity contribution in [3.8, 4) is 0 Å². The minimum atomic E-state index is -3.57. The van der Waals surface area contributed by atoms with E-state index in [4.69, 9.17) is 0 Å². The molecule has 0 unspecified atom stereocenters. The summed E-state index contributed by atoms with van der Waals surface area (Å²) < 4.78 is 39.9. The quantitative estimate of drug-likeness (QED) is 0.750.